The first-order valence-corrected chi connectivity index (χ1v) is 6.77. The molecule has 0 bridgehead atoms. The smallest absolute Gasteiger partial charge is 0.0716 e. The molecule has 3 nitrogen and oxygen atoms in total. The number of halogens is 1. The molecule has 1 aliphatic rings. The molecule has 0 atom stereocenters. The van der Waals surface area contributed by atoms with Crippen LogP contribution >= 0.6 is 11.6 Å². The van der Waals surface area contributed by atoms with E-state index in [9.17, 15) is 5.11 Å². The molecule has 0 amide bonds. The van der Waals surface area contributed by atoms with E-state index >= 15 is 0 Å². The highest BCUT2D eigenvalue weighted by Crippen LogP contribution is 2.28. The van der Waals surface area contributed by atoms with Gasteiger partial charge in [0.25, 0.3) is 0 Å². The molecule has 100 valence electrons. The number of anilines is 1. The van der Waals surface area contributed by atoms with Crippen molar-refractivity contribution in [2.45, 2.75) is 19.4 Å². The van der Waals surface area contributed by atoms with Crippen LogP contribution in [-0.2, 0) is 11.3 Å². The normalized spacial score (nSPS) is 16.8. The fraction of sp³-hybridized carbons (Fsp3) is 0.571. The third kappa shape index (κ3) is 3.16. The Hall–Kier alpha value is -0.770. The van der Waals surface area contributed by atoms with E-state index in [1.54, 1.807) is 0 Å². The lowest BCUT2D eigenvalue weighted by Gasteiger charge is -2.29. The highest BCUT2D eigenvalue weighted by atomic mass is 35.5. The quantitative estimate of drug-likeness (QED) is 0.912. The van der Waals surface area contributed by atoms with Crippen molar-refractivity contribution in [2.75, 3.05) is 31.7 Å². The lowest BCUT2D eigenvalue weighted by molar-refractivity contribution is 0.0685. The van der Waals surface area contributed by atoms with Crippen LogP contribution in [0.2, 0.25) is 5.02 Å². The number of benzene rings is 1. The average Bonchev–Trinajstić information content (AvgIpc) is 2.39. The molecule has 2 rings (SSSR count). The minimum absolute atomic E-state index is 0.0207. The van der Waals surface area contributed by atoms with Crippen molar-refractivity contribution < 1.29 is 9.84 Å². The molecule has 1 heterocycles. The number of nitrogens with zero attached hydrogens (tertiary/aromatic N) is 1. The average molecular weight is 270 g/mol. The van der Waals surface area contributed by atoms with Crippen molar-refractivity contribution in [2.24, 2.45) is 5.92 Å². The number of hydrogen-bond acceptors (Lipinski definition) is 3. The molecule has 0 aliphatic carbocycles. The Morgan fingerprint density at radius 1 is 1.39 bits per heavy atom. The Kier molecular flexibility index (Phi) is 4.87. The molecule has 0 unspecified atom stereocenters. The molecule has 1 N–H and O–H groups in total. The maximum atomic E-state index is 9.42. The summed E-state index contributed by atoms with van der Waals surface area (Å²) in [6, 6.07) is 5.76. The van der Waals surface area contributed by atoms with Gasteiger partial charge in [0.1, 0.15) is 0 Å². The zero-order valence-corrected chi connectivity index (χ0v) is 11.5. The molecule has 1 saturated heterocycles. The van der Waals surface area contributed by atoms with Gasteiger partial charge in [-0.1, -0.05) is 17.7 Å². The van der Waals surface area contributed by atoms with Crippen molar-refractivity contribution in [1.29, 1.82) is 0 Å². The van der Waals surface area contributed by atoms with Crippen molar-refractivity contribution in [3.8, 4) is 0 Å². The van der Waals surface area contributed by atoms with Gasteiger partial charge >= 0.3 is 0 Å². The van der Waals surface area contributed by atoms with Crippen LogP contribution in [0.3, 0.4) is 0 Å². The fourth-order valence-electron chi connectivity index (χ4n) is 2.48. The van der Waals surface area contributed by atoms with Gasteiger partial charge in [-0.05, 0) is 30.9 Å². The summed E-state index contributed by atoms with van der Waals surface area (Å²) in [5.41, 5.74) is 1.84. The molecular formula is C14H20ClNO2. The summed E-state index contributed by atoms with van der Waals surface area (Å²) < 4.78 is 5.37. The Morgan fingerprint density at radius 3 is 2.78 bits per heavy atom. The number of aliphatic hydroxyl groups excluding tert-OH is 1. The van der Waals surface area contributed by atoms with Crippen molar-refractivity contribution in [1.82, 2.24) is 0 Å². The van der Waals surface area contributed by atoms with Gasteiger partial charge in [0.2, 0.25) is 0 Å². The van der Waals surface area contributed by atoms with E-state index in [1.807, 2.05) is 18.2 Å². The van der Waals surface area contributed by atoms with E-state index in [1.165, 1.54) is 0 Å². The van der Waals surface area contributed by atoms with E-state index in [4.69, 9.17) is 16.3 Å². The molecule has 18 heavy (non-hydrogen) atoms. The Morgan fingerprint density at radius 2 is 2.11 bits per heavy atom. The first-order chi connectivity index (χ1) is 8.72. The summed E-state index contributed by atoms with van der Waals surface area (Å²) in [4.78, 5) is 2.19. The molecule has 1 aromatic rings. The maximum Gasteiger partial charge on any atom is 0.0716 e. The Bertz CT molecular complexity index is 391. The SMILES string of the molecule is CN(CC1CCOCC1)c1cccc(Cl)c1CO. The number of ether oxygens (including phenoxy) is 1. The second-order valence-corrected chi connectivity index (χ2v) is 5.24. The summed E-state index contributed by atoms with van der Waals surface area (Å²) in [5, 5.41) is 10.1. The van der Waals surface area contributed by atoms with Crippen molar-refractivity contribution >= 4 is 17.3 Å². The summed E-state index contributed by atoms with van der Waals surface area (Å²) in [6.45, 7) is 2.69. The molecule has 1 aliphatic heterocycles. The van der Waals surface area contributed by atoms with Gasteiger partial charge in [-0.2, -0.15) is 0 Å². The number of aliphatic hydroxyl groups is 1. The van der Waals surface area contributed by atoms with Crippen LogP contribution in [0.25, 0.3) is 0 Å². The van der Waals surface area contributed by atoms with Gasteiger partial charge in [-0.15, -0.1) is 0 Å². The Balaban J connectivity index is 2.07. The van der Waals surface area contributed by atoms with Crippen molar-refractivity contribution in [3.63, 3.8) is 0 Å². The molecule has 0 radical (unpaired) electrons. The highest BCUT2D eigenvalue weighted by molar-refractivity contribution is 6.31. The third-order valence-electron chi connectivity index (χ3n) is 3.54. The summed E-state index contributed by atoms with van der Waals surface area (Å²) in [7, 11) is 2.06. The summed E-state index contributed by atoms with van der Waals surface area (Å²) in [5.74, 6) is 0.661. The van der Waals surface area contributed by atoms with Crippen LogP contribution in [0.1, 0.15) is 18.4 Å². The lowest BCUT2D eigenvalue weighted by atomic mass is 9.99. The van der Waals surface area contributed by atoms with Crippen LogP contribution < -0.4 is 4.90 Å². The van der Waals surface area contributed by atoms with E-state index in [0.717, 1.165) is 43.9 Å². The van der Waals surface area contributed by atoms with Crippen LogP contribution in [0.5, 0.6) is 0 Å². The van der Waals surface area contributed by atoms with E-state index in [0.29, 0.717) is 10.9 Å². The molecule has 4 heteroatoms. The number of rotatable bonds is 4. The topological polar surface area (TPSA) is 32.7 Å². The summed E-state index contributed by atoms with van der Waals surface area (Å²) in [6.07, 6.45) is 2.22. The summed E-state index contributed by atoms with van der Waals surface area (Å²) >= 11 is 6.11. The molecule has 1 aromatic carbocycles. The number of hydrogen-bond donors (Lipinski definition) is 1. The van der Waals surface area contributed by atoms with Gasteiger partial charge in [-0.25, -0.2) is 0 Å². The third-order valence-corrected chi connectivity index (χ3v) is 3.89. The van der Waals surface area contributed by atoms with Crippen LogP contribution in [0, 0.1) is 5.92 Å². The molecule has 0 saturated carbocycles. The molecule has 1 fully saturated rings. The lowest BCUT2D eigenvalue weighted by Crippen LogP contribution is -2.30. The first-order valence-electron chi connectivity index (χ1n) is 6.39. The fourth-order valence-corrected chi connectivity index (χ4v) is 2.71. The first kappa shape index (κ1) is 13.7. The van der Waals surface area contributed by atoms with Crippen LogP contribution in [0.4, 0.5) is 5.69 Å². The van der Waals surface area contributed by atoms with Gasteiger partial charge in [-0.3, -0.25) is 0 Å². The van der Waals surface area contributed by atoms with Gasteiger partial charge in [0, 0.05) is 43.1 Å². The Labute approximate surface area is 113 Å². The van der Waals surface area contributed by atoms with Crippen molar-refractivity contribution in [3.05, 3.63) is 28.8 Å². The predicted molar refractivity (Wildman–Crippen MR) is 74.2 cm³/mol. The van der Waals surface area contributed by atoms with Gasteiger partial charge < -0.3 is 14.7 Å². The predicted octanol–water partition coefficient (Wildman–Crippen LogP) is 2.70. The zero-order valence-electron chi connectivity index (χ0n) is 10.7. The monoisotopic (exact) mass is 269 g/mol. The van der Waals surface area contributed by atoms with Gasteiger partial charge in [0.15, 0.2) is 0 Å². The molecule has 0 spiro atoms. The second-order valence-electron chi connectivity index (χ2n) is 4.83. The highest BCUT2D eigenvalue weighted by Gasteiger charge is 2.17. The zero-order chi connectivity index (χ0) is 13.0. The van der Waals surface area contributed by atoms with Crippen LogP contribution in [0.15, 0.2) is 18.2 Å². The van der Waals surface area contributed by atoms with E-state index in [2.05, 4.69) is 11.9 Å². The minimum atomic E-state index is -0.0207. The van der Waals surface area contributed by atoms with Crippen LogP contribution in [-0.4, -0.2) is 31.9 Å². The molecular weight excluding hydrogens is 250 g/mol. The molecule has 0 aromatic heterocycles. The van der Waals surface area contributed by atoms with E-state index in [-0.39, 0.29) is 6.61 Å². The maximum absolute atomic E-state index is 9.42. The standard InChI is InChI=1S/C14H20ClNO2/c1-16(9-11-5-7-18-8-6-11)14-4-2-3-13(15)12(14)10-17/h2-4,11,17H,5-10H2,1H3. The second kappa shape index (κ2) is 6.41. The largest absolute Gasteiger partial charge is 0.392 e. The minimum Gasteiger partial charge on any atom is -0.392 e. The van der Waals surface area contributed by atoms with Gasteiger partial charge in [0.05, 0.1) is 6.61 Å². The van der Waals surface area contributed by atoms with E-state index < -0.39 is 0 Å².